The van der Waals surface area contributed by atoms with E-state index in [0.717, 1.165) is 12.8 Å². The number of rotatable bonds is 8. The van der Waals surface area contributed by atoms with Gasteiger partial charge in [-0.25, -0.2) is 0 Å². The number of amides is 3. The molecule has 0 saturated heterocycles. The molecule has 24 heavy (non-hydrogen) atoms. The van der Waals surface area contributed by atoms with Gasteiger partial charge >= 0.3 is 5.97 Å². The largest absolute Gasteiger partial charge is 0.451 e. The molecule has 3 N–H and O–H groups in total. The van der Waals surface area contributed by atoms with Crippen molar-refractivity contribution in [1.82, 2.24) is 16.0 Å². The topological polar surface area (TPSA) is 114 Å². The van der Waals surface area contributed by atoms with Gasteiger partial charge in [0.25, 0.3) is 11.8 Å². The van der Waals surface area contributed by atoms with Crippen molar-refractivity contribution in [2.24, 2.45) is 0 Å². The zero-order valence-corrected chi connectivity index (χ0v) is 14.0. The summed E-state index contributed by atoms with van der Waals surface area (Å²) in [7, 11) is 0. The highest BCUT2D eigenvalue weighted by Gasteiger charge is 2.27. The third kappa shape index (κ3) is 5.99. The highest BCUT2D eigenvalue weighted by atomic mass is 32.1. The fraction of sp³-hybridized carbons (Fsp3) is 0.467. The van der Waals surface area contributed by atoms with Gasteiger partial charge in [0.15, 0.2) is 6.10 Å². The molecule has 1 aliphatic carbocycles. The molecule has 0 aromatic carbocycles. The second kappa shape index (κ2) is 8.44. The van der Waals surface area contributed by atoms with Crippen LogP contribution in [0.3, 0.4) is 0 Å². The molecule has 130 valence electrons. The second-order valence-electron chi connectivity index (χ2n) is 5.35. The number of carbonyl (C=O) groups excluding carboxylic acids is 4. The van der Waals surface area contributed by atoms with Crippen LogP contribution in [0, 0.1) is 0 Å². The van der Waals surface area contributed by atoms with Gasteiger partial charge in [0, 0.05) is 6.04 Å². The Morgan fingerprint density at radius 2 is 2.00 bits per heavy atom. The normalized spacial score (nSPS) is 14.4. The summed E-state index contributed by atoms with van der Waals surface area (Å²) in [4.78, 5) is 46.9. The monoisotopic (exact) mass is 353 g/mol. The SMILES string of the molecule is C[C@@H](OC(=O)CNC(=O)CNC(=O)c1cccs1)C(=O)NC1CC1. The molecule has 0 aliphatic heterocycles. The van der Waals surface area contributed by atoms with E-state index in [1.165, 1.54) is 18.3 Å². The molecular weight excluding hydrogens is 334 g/mol. The van der Waals surface area contributed by atoms with Crippen LogP contribution >= 0.6 is 11.3 Å². The Labute approximate surface area is 142 Å². The van der Waals surface area contributed by atoms with Crippen molar-refractivity contribution in [1.29, 1.82) is 0 Å². The summed E-state index contributed by atoms with van der Waals surface area (Å²) in [6.07, 6.45) is 0.979. The van der Waals surface area contributed by atoms with Gasteiger partial charge in [-0.15, -0.1) is 11.3 Å². The first-order valence-electron chi connectivity index (χ1n) is 7.54. The molecule has 1 aromatic heterocycles. The maximum Gasteiger partial charge on any atom is 0.326 e. The van der Waals surface area contributed by atoms with Gasteiger partial charge in [0.2, 0.25) is 5.91 Å². The number of hydrogen-bond acceptors (Lipinski definition) is 6. The molecule has 0 radical (unpaired) electrons. The Hall–Kier alpha value is -2.42. The van der Waals surface area contributed by atoms with E-state index in [-0.39, 0.29) is 30.9 Å². The summed E-state index contributed by atoms with van der Waals surface area (Å²) in [5, 5.41) is 9.24. The van der Waals surface area contributed by atoms with Crippen LogP contribution in [-0.4, -0.2) is 48.9 Å². The predicted octanol–water partition coefficient (Wildman–Crippen LogP) is -0.196. The molecule has 0 bridgehead atoms. The highest BCUT2D eigenvalue weighted by Crippen LogP contribution is 2.18. The number of thiophene rings is 1. The molecule has 1 saturated carbocycles. The summed E-state index contributed by atoms with van der Waals surface area (Å²) >= 11 is 1.26. The average molecular weight is 353 g/mol. The molecular formula is C15H19N3O5S. The number of hydrogen-bond donors (Lipinski definition) is 3. The standard InChI is InChI=1S/C15H19N3O5S/c1-9(14(21)18-10-4-5-10)23-13(20)8-16-12(19)7-17-15(22)11-3-2-6-24-11/h2-3,6,9-10H,4-5,7-8H2,1H3,(H,16,19)(H,17,22)(H,18,21)/t9-/m1/s1. The number of esters is 1. The van der Waals surface area contributed by atoms with Gasteiger partial charge in [-0.05, 0) is 31.2 Å². The van der Waals surface area contributed by atoms with Crippen LogP contribution in [0.2, 0.25) is 0 Å². The molecule has 1 heterocycles. The van der Waals surface area contributed by atoms with Gasteiger partial charge < -0.3 is 20.7 Å². The Morgan fingerprint density at radius 1 is 1.25 bits per heavy atom. The lowest BCUT2D eigenvalue weighted by Crippen LogP contribution is -2.41. The summed E-state index contributed by atoms with van der Waals surface area (Å²) < 4.78 is 4.92. The first kappa shape index (κ1) is 17.9. The average Bonchev–Trinajstić information content (AvgIpc) is 3.19. The fourth-order valence-electron chi connectivity index (χ4n) is 1.73. The first-order chi connectivity index (χ1) is 11.5. The van der Waals surface area contributed by atoms with Crippen molar-refractivity contribution in [2.75, 3.05) is 13.1 Å². The fourth-order valence-corrected chi connectivity index (χ4v) is 2.37. The smallest absolute Gasteiger partial charge is 0.326 e. The van der Waals surface area contributed by atoms with E-state index in [2.05, 4.69) is 16.0 Å². The number of nitrogens with one attached hydrogen (secondary N) is 3. The first-order valence-corrected chi connectivity index (χ1v) is 8.42. The summed E-state index contributed by atoms with van der Waals surface area (Å²) in [6, 6.07) is 3.56. The summed E-state index contributed by atoms with van der Waals surface area (Å²) in [6.45, 7) is 0.856. The molecule has 8 nitrogen and oxygen atoms in total. The molecule has 2 rings (SSSR count). The Morgan fingerprint density at radius 3 is 2.62 bits per heavy atom. The van der Waals surface area contributed by atoms with Crippen LogP contribution in [0.25, 0.3) is 0 Å². The van der Waals surface area contributed by atoms with Crippen LogP contribution in [0.15, 0.2) is 17.5 Å². The van der Waals surface area contributed by atoms with Crippen LogP contribution < -0.4 is 16.0 Å². The molecule has 1 aliphatic rings. The molecule has 1 fully saturated rings. The lowest BCUT2D eigenvalue weighted by Gasteiger charge is -2.13. The van der Waals surface area contributed by atoms with E-state index in [4.69, 9.17) is 4.74 Å². The van der Waals surface area contributed by atoms with Gasteiger partial charge in [-0.3, -0.25) is 19.2 Å². The van der Waals surface area contributed by atoms with Gasteiger partial charge in [-0.1, -0.05) is 6.07 Å². The van der Waals surface area contributed by atoms with Crippen LogP contribution in [0.4, 0.5) is 0 Å². The lowest BCUT2D eigenvalue weighted by molar-refractivity contribution is -0.154. The minimum Gasteiger partial charge on any atom is -0.451 e. The maximum atomic E-state index is 11.6. The van der Waals surface area contributed by atoms with Crippen molar-refractivity contribution < 1.29 is 23.9 Å². The van der Waals surface area contributed by atoms with Crippen LogP contribution in [0.1, 0.15) is 29.4 Å². The van der Waals surface area contributed by atoms with Crippen molar-refractivity contribution in [2.45, 2.75) is 31.9 Å². The van der Waals surface area contributed by atoms with Crippen molar-refractivity contribution in [3.05, 3.63) is 22.4 Å². The third-order valence-corrected chi connectivity index (χ3v) is 4.05. The molecule has 0 spiro atoms. The second-order valence-corrected chi connectivity index (χ2v) is 6.30. The predicted molar refractivity (Wildman–Crippen MR) is 86.4 cm³/mol. The van der Waals surface area contributed by atoms with Crippen LogP contribution in [-0.2, 0) is 19.1 Å². The molecule has 0 unspecified atom stereocenters. The van der Waals surface area contributed by atoms with E-state index in [1.807, 2.05) is 0 Å². The van der Waals surface area contributed by atoms with Gasteiger partial charge in [0.05, 0.1) is 11.4 Å². The Balaban J connectivity index is 1.60. The van der Waals surface area contributed by atoms with Crippen molar-refractivity contribution >= 4 is 35.0 Å². The molecule has 3 amide bonds. The zero-order chi connectivity index (χ0) is 17.5. The van der Waals surface area contributed by atoms with E-state index in [1.54, 1.807) is 17.5 Å². The van der Waals surface area contributed by atoms with Crippen molar-refractivity contribution in [3.63, 3.8) is 0 Å². The van der Waals surface area contributed by atoms with Gasteiger partial charge in [0.1, 0.15) is 6.54 Å². The van der Waals surface area contributed by atoms with E-state index in [9.17, 15) is 19.2 Å². The molecule has 1 aromatic rings. The summed E-state index contributed by atoms with van der Waals surface area (Å²) in [5.74, 6) is -1.94. The minimum atomic E-state index is -0.909. The van der Waals surface area contributed by atoms with Crippen LogP contribution in [0.5, 0.6) is 0 Å². The molecule has 1 atom stereocenters. The van der Waals surface area contributed by atoms with Crippen molar-refractivity contribution in [3.8, 4) is 0 Å². The minimum absolute atomic E-state index is 0.185. The van der Waals surface area contributed by atoms with Gasteiger partial charge in [-0.2, -0.15) is 0 Å². The maximum absolute atomic E-state index is 11.6. The zero-order valence-electron chi connectivity index (χ0n) is 13.2. The molecule has 9 heteroatoms. The Bertz CT molecular complexity index is 613. The lowest BCUT2D eigenvalue weighted by atomic mass is 10.3. The number of carbonyl (C=O) groups is 4. The highest BCUT2D eigenvalue weighted by molar-refractivity contribution is 7.12. The van der Waals surface area contributed by atoms with E-state index < -0.39 is 18.0 Å². The number of ether oxygens (including phenoxy) is 1. The quantitative estimate of drug-likeness (QED) is 0.560. The third-order valence-electron chi connectivity index (χ3n) is 3.19. The van der Waals surface area contributed by atoms with E-state index >= 15 is 0 Å². The Kier molecular flexibility index (Phi) is 6.30. The summed E-state index contributed by atoms with van der Waals surface area (Å²) in [5.41, 5.74) is 0. The van der Waals surface area contributed by atoms with E-state index in [0.29, 0.717) is 4.88 Å².